The highest BCUT2D eigenvalue weighted by atomic mass is 32.1. The number of amides is 1. The summed E-state index contributed by atoms with van der Waals surface area (Å²) in [5.74, 6) is 1.68. The largest absolute Gasteiger partial charge is 0.494 e. The number of carbonyl (C=O) groups excluding carboxylic acids is 1. The van der Waals surface area contributed by atoms with Gasteiger partial charge in [0.2, 0.25) is 5.91 Å². The SMILES string of the molecule is CCCCOc1ccc(C2(C)CC(c3ccc(C4CC4)s3)=C(C)C(=O)N2)cc1. The minimum absolute atomic E-state index is 0.0356. The van der Waals surface area contributed by atoms with E-state index in [0.717, 1.165) is 48.7 Å². The van der Waals surface area contributed by atoms with Crippen molar-refractivity contribution in [1.82, 2.24) is 5.32 Å². The Bertz CT molecular complexity index is 892. The zero-order valence-electron chi connectivity index (χ0n) is 17.0. The molecule has 148 valence electrons. The molecule has 0 bridgehead atoms. The fraction of sp³-hybridized carbons (Fsp3) is 0.458. The van der Waals surface area contributed by atoms with Gasteiger partial charge >= 0.3 is 0 Å². The number of nitrogens with one attached hydrogen (secondary N) is 1. The molecule has 1 aliphatic heterocycles. The normalized spacial score (nSPS) is 22.3. The molecule has 0 spiro atoms. The molecule has 28 heavy (non-hydrogen) atoms. The van der Waals surface area contributed by atoms with Gasteiger partial charge in [0.25, 0.3) is 0 Å². The van der Waals surface area contributed by atoms with Crippen molar-refractivity contribution in [2.75, 3.05) is 6.61 Å². The van der Waals surface area contributed by atoms with E-state index >= 15 is 0 Å². The maximum absolute atomic E-state index is 12.8. The van der Waals surface area contributed by atoms with Crippen LogP contribution >= 0.6 is 11.3 Å². The molecule has 1 N–H and O–H groups in total. The zero-order valence-corrected chi connectivity index (χ0v) is 17.8. The van der Waals surface area contributed by atoms with Crippen LogP contribution in [0, 0.1) is 0 Å². The molecule has 1 saturated carbocycles. The van der Waals surface area contributed by atoms with Crippen LogP contribution in [0.1, 0.15) is 74.1 Å². The maximum atomic E-state index is 12.8. The Kier molecular flexibility index (Phi) is 5.33. The molecule has 1 aromatic heterocycles. The fourth-order valence-corrected chi connectivity index (χ4v) is 5.09. The van der Waals surface area contributed by atoms with E-state index in [2.05, 4.69) is 43.4 Å². The third kappa shape index (κ3) is 3.88. The molecule has 1 fully saturated rings. The van der Waals surface area contributed by atoms with E-state index in [-0.39, 0.29) is 5.91 Å². The minimum Gasteiger partial charge on any atom is -0.494 e. The molecule has 2 aromatic rings. The summed E-state index contributed by atoms with van der Waals surface area (Å²) in [4.78, 5) is 15.5. The topological polar surface area (TPSA) is 38.3 Å². The fourth-order valence-electron chi connectivity index (χ4n) is 3.81. The van der Waals surface area contributed by atoms with Gasteiger partial charge in [-0.25, -0.2) is 0 Å². The summed E-state index contributed by atoms with van der Waals surface area (Å²) >= 11 is 1.87. The van der Waals surface area contributed by atoms with Crippen LogP contribution in [0.2, 0.25) is 0 Å². The quantitative estimate of drug-likeness (QED) is 0.583. The van der Waals surface area contributed by atoms with Crippen molar-refractivity contribution >= 4 is 22.8 Å². The number of thiophene rings is 1. The molecule has 4 rings (SSSR count). The molecular formula is C24H29NO2S. The van der Waals surface area contributed by atoms with E-state index in [4.69, 9.17) is 4.74 Å². The zero-order chi connectivity index (χ0) is 19.7. The van der Waals surface area contributed by atoms with Crippen LogP contribution in [-0.2, 0) is 10.3 Å². The van der Waals surface area contributed by atoms with Crippen LogP contribution in [-0.4, -0.2) is 12.5 Å². The number of benzene rings is 1. The van der Waals surface area contributed by atoms with Crippen LogP contribution in [0.25, 0.3) is 5.57 Å². The van der Waals surface area contributed by atoms with Gasteiger partial charge in [0, 0.05) is 21.7 Å². The van der Waals surface area contributed by atoms with Gasteiger partial charge in [0.15, 0.2) is 0 Å². The van der Waals surface area contributed by atoms with E-state index in [1.165, 1.54) is 28.2 Å². The van der Waals surface area contributed by atoms with Crippen molar-refractivity contribution in [1.29, 1.82) is 0 Å². The van der Waals surface area contributed by atoms with Crippen molar-refractivity contribution in [2.24, 2.45) is 0 Å². The molecular weight excluding hydrogens is 366 g/mol. The Labute approximate surface area is 171 Å². The van der Waals surface area contributed by atoms with Gasteiger partial charge in [-0.2, -0.15) is 0 Å². The Morgan fingerprint density at radius 1 is 1.18 bits per heavy atom. The number of hydrogen-bond acceptors (Lipinski definition) is 3. The second-order valence-electron chi connectivity index (χ2n) is 8.27. The average Bonchev–Trinajstić information content (AvgIpc) is 3.43. The highest BCUT2D eigenvalue weighted by molar-refractivity contribution is 7.13. The van der Waals surface area contributed by atoms with Gasteiger partial charge in [0.05, 0.1) is 12.1 Å². The van der Waals surface area contributed by atoms with Crippen LogP contribution in [0.15, 0.2) is 42.0 Å². The van der Waals surface area contributed by atoms with Crippen LogP contribution in [0.5, 0.6) is 5.75 Å². The molecule has 4 heteroatoms. The van der Waals surface area contributed by atoms with Crippen LogP contribution < -0.4 is 10.1 Å². The Morgan fingerprint density at radius 3 is 2.61 bits per heavy atom. The number of rotatable bonds is 7. The second-order valence-corrected chi connectivity index (χ2v) is 9.38. The van der Waals surface area contributed by atoms with E-state index < -0.39 is 5.54 Å². The van der Waals surface area contributed by atoms with Crippen LogP contribution in [0.4, 0.5) is 0 Å². The summed E-state index contributed by atoms with van der Waals surface area (Å²) in [6.07, 6.45) is 5.62. The lowest BCUT2D eigenvalue weighted by molar-refractivity contribution is -0.119. The summed E-state index contributed by atoms with van der Waals surface area (Å²) in [7, 11) is 0. The lowest BCUT2D eigenvalue weighted by Gasteiger charge is -2.37. The number of ether oxygens (including phenoxy) is 1. The third-order valence-corrected chi connectivity index (χ3v) is 7.18. The van der Waals surface area contributed by atoms with Gasteiger partial charge in [-0.3, -0.25) is 4.79 Å². The van der Waals surface area contributed by atoms with E-state index in [1.54, 1.807) is 0 Å². The summed E-state index contributed by atoms with van der Waals surface area (Å²) in [5, 5.41) is 3.24. The molecule has 0 radical (unpaired) electrons. The summed E-state index contributed by atoms with van der Waals surface area (Å²) in [5.41, 5.74) is 2.75. The second kappa shape index (κ2) is 7.75. The molecule has 2 heterocycles. The first kappa shape index (κ1) is 19.3. The highest BCUT2D eigenvalue weighted by Gasteiger charge is 2.37. The third-order valence-electron chi connectivity index (χ3n) is 5.88. The lowest BCUT2D eigenvalue weighted by Crippen LogP contribution is -2.47. The first-order valence-electron chi connectivity index (χ1n) is 10.4. The maximum Gasteiger partial charge on any atom is 0.247 e. The van der Waals surface area contributed by atoms with Gasteiger partial charge in [0.1, 0.15) is 5.75 Å². The highest BCUT2D eigenvalue weighted by Crippen LogP contribution is 2.46. The minimum atomic E-state index is -0.405. The lowest BCUT2D eigenvalue weighted by atomic mass is 9.80. The summed E-state index contributed by atoms with van der Waals surface area (Å²) in [6.45, 7) is 6.98. The molecule has 2 aliphatic rings. The smallest absolute Gasteiger partial charge is 0.247 e. The average molecular weight is 396 g/mol. The summed E-state index contributed by atoms with van der Waals surface area (Å²) in [6, 6.07) is 12.7. The van der Waals surface area contributed by atoms with Gasteiger partial charge < -0.3 is 10.1 Å². The van der Waals surface area contributed by atoms with Crippen molar-refractivity contribution in [2.45, 2.75) is 64.3 Å². The van der Waals surface area contributed by atoms with Crippen molar-refractivity contribution in [3.63, 3.8) is 0 Å². The first-order valence-corrected chi connectivity index (χ1v) is 11.2. The first-order chi connectivity index (χ1) is 13.5. The predicted molar refractivity (Wildman–Crippen MR) is 116 cm³/mol. The van der Waals surface area contributed by atoms with Crippen LogP contribution in [0.3, 0.4) is 0 Å². The molecule has 1 aliphatic carbocycles. The molecule has 3 nitrogen and oxygen atoms in total. The molecule has 1 atom stereocenters. The van der Waals surface area contributed by atoms with Gasteiger partial charge in [-0.1, -0.05) is 25.5 Å². The van der Waals surface area contributed by atoms with E-state index in [9.17, 15) is 4.79 Å². The number of carbonyl (C=O) groups is 1. The van der Waals surface area contributed by atoms with Crippen molar-refractivity contribution in [3.8, 4) is 5.75 Å². The molecule has 1 amide bonds. The van der Waals surface area contributed by atoms with E-state index in [1.807, 2.05) is 30.4 Å². The molecule has 1 aromatic carbocycles. The summed E-state index contributed by atoms with van der Waals surface area (Å²) < 4.78 is 5.79. The van der Waals surface area contributed by atoms with E-state index in [0.29, 0.717) is 0 Å². The number of unbranched alkanes of at least 4 members (excludes halogenated alkanes) is 1. The van der Waals surface area contributed by atoms with Crippen molar-refractivity contribution < 1.29 is 9.53 Å². The Morgan fingerprint density at radius 2 is 1.93 bits per heavy atom. The Balaban J connectivity index is 1.56. The van der Waals surface area contributed by atoms with Gasteiger partial charge in [-0.05, 0) is 74.4 Å². The standard InChI is InChI=1S/C24H29NO2S/c1-4-5-14-27-19-10-8-18(9-11-19)24(3)15-20(16(2)23(26)25-24)22-13-12-21(28-22)17-6-7-17/h8-13,17H,4-7,14-15H2,1-3H3,(H,25,26). The Hall–Kier alpha value is -2.07. The van der Waals surface area contributed by atoms with Crippen molar-refractivity contribution in [3.05, 3.63) is 57.3 Å². The molecule has 1 unspecified atom stereocenters. The predicted octanol–water partition coefficient (Wildman–Crippen LogP) is 6.01. The number of hydrogen-bond donors (Lipinski definition) is 1. The molecule has 0 saturated heterocycles. The van der Waals surface area contributed by atoms with Gasteiger partial charge in [-0.15, -0.1) is 11.3 Å². The monoisotopic (exact) mass is 395 g/mol.